The molecule has 1 amide bonds. The summed E-state index contributed by atoms with van der Waals surface area (Å²) in [5.41, 5.74) is 2.81. The van der Waals surface area contributed by atoms with Crippen molar-refractivity contribution in [2.45, 2.75) is 32.2 Å². The fourth-order valence-corrected chi connectivity index (χ4v) is 4.34. The zero-order chi connectivity index (χ0) is 19.1. The minimum absolute atomic E-state index is 0.0888. The highest BCUT2D eigenvalue weighted by Crippen LogP contribution is 2.40. The number of hydrogen-bond acceptors (Lipinski definition) is 5. The van der Waals surface area contributed by atoms with E-state index in [2.05, 4.69) is 10.3 Å². The molecule has 0 atom stereocenters. The Labute approximate surface area is 166 Å². The largest absolute Gasteiger partial charge is 0.494 e. The Balaban J connectivity index is 1.38. The third-order valence-corrected chi connectivity index (χ3v) is 5.78. The summed E-state index contributed by atoms with van der Waals surface area (Å²) in [7, 11) is 0. The van der Waals surface area contributed by atoms with Gasteiger partial charge in [-0.15, -0.1) is 0 Å². The molecule has 6 nitrogen and oxygen atoms in total. The number of ether oxygens (including phenoxy) is 1. The fraction of sp³-hybridized carbons (Fsp3) is 0.286. The first-order valence-corrected chi connectivity index (χ1v) is 10.3. The molecule has 0 bridgehead atoms. The van der Waals surface area contributed by atoms with Crippen LogP contribution in [0, 0.1) is 0 Å². The van der Waals surface area contributed by atoms with Crippen molar-refractivity contribution in [3.8, 4) is 5.75 Å². The SMILES string of the molecule is CCOc1ccc2nc(NC(=O)Cn3c(C4CC4)nc4ccccc43)sc2c1. The van der Waals surface area contributed by atoms with Crippen molar-refractivity contribution in [3.05, 3.63) is 48.3 Å². The van der Waals surface area contributed by atoms with Gasteiger partial charge in [-0.25, -0.2) is 9.97 Å². The van der Waals surface area contributed by atoms with E-state index >= 15 is 0 Å². The van der Waals surface area contributed by atoms with Gasteiger partial charge in [-0.1, -0.05) is 23.5 Å². The molecule has 28 heavy (non-hydrogen) atoms. The number of aromatic nitrogens is 3. The first-order chi connectivity index (χ1) is 13.7. The van der Waals surface area contributed by atoms with E-state index in [9.17, 15) is 4.79 Å². The first kappa shape index (κ1) is 17.2. The predicted octanol–water partition coefficient (Wildman–Crippen LogP) is 4.56. The molecule has 1 N–H and O–H groups in total. The summed E-state index contributed by atoms with van der Waals surface area (Å²) in [6, 6.07) is 13.8. The van der Waals surface area contributed by atoms with Gasteiger partial charge >= 0.3 is 0 Å². The number of rotatable bonds is 6. The number of para-hydroxylation sites is 2. The van der Waals surface area contributed by atoms with Crippen LogP contribution < -0.4 is 10.1 Å². The Morgan fingerprint density at radius 1 is 1.21 bits per heavy atom. The second-order valence-electron chi connectivity index (χ2n) is 6.95. The molecule has 142 valence electrons. The first-order valence-electron chi connectivity index (χ1n) is 9.49. The highest BCUT2D eigenvalue weighted by atomic mass is 32.1. The monoisotopic (exact) mass is 392 g/mol. The van der Waals surface area contributed by atoms with Gasteiger partial charge in [-0.2, -0.15) is 0 Å². The molecular formula is C21H20N4O2S. The van der Waals surface area contributed by atoms with Crippen LogP contribution in [-0.2, 0) is 11.3 Å². The summed E-state index contributed by atoms with van der Waals surface area (Å²) in [4.78, 5) is 22.0. The van der Waals surface area contributed by atoms with Crippen LogP contribution in [0.15, 0.2) is 42.5 Å². The normalized spacial score (nSPS) is 13.9. The van der Waals surface area contributed by atoms with Gasteiger partial charge in [0.1, 0.15) is 18.1 Å². The van der Waals surface area contributed by atoms with E-state index in [4.69, 9.17) is 9.72 Å². The number of hydrogen-bond donors (Lipinski definition) is 1. The maximum absolute atomic E-state index is 12.7. The van der Waals surface area contributed by atoms with Crippen LogP contribution >= 0.6 is 11.3 Å². The summed E-state index contributed by atoms with van der Waals surface area (Å²) < 4.78 is 8.58. The van der Waals surface area contributed by atoms with Gasteiger partial charge in [0.2, 0.25) is 5.91 Å². The lowest BCUT2D eigenvalue weighted by Crippen LogP contribution is -2.19. The number of benzene rings is 2. The number of nitrogens with zero attached hydrogens (tertiary/aromatic N) is 3. The van der Waals surface area contributed by atoms with E-state index in [1.165, 1.54) is 11.3 Å². The molecule has 0 spiro atoms. The molecule has 0 aliphatic heterocycles. The van der Waals surface area contributed by atoms with Gasteiger partial charge < -0.3 is 14.6 Å². The number of carbonyl (C=O) groups excluding carboxylic acids is 1. The molecular weight excluding hydrogens is 372 g/mol. The molecule has 2 aromatic heterocycles. The zero-order valence-electron chi connectivity index (χ0n) is 15.5. The van der Waals surface area contributed by atoms with Crippen LogP contribution in [0.5, 0.6) is 5.75 Å². The van der Waals surface area contributed by atoms with Gasteiger partial charge in [-0.3, -0.25) is 4.79 Å². The maximum atomic E-state index is 12.7. The minimum Gasteiger partial charge on any atom is -0.494 e. The van der Waals surface area contributed by atoms with Gasteiger partial charge in [0.25, 0.3) is 0 Å². The maximum Gasteiger partial charge on any atom is 0.246 e. The molecule has 1 saturated carbocycles. The van der Waals surface area contributed by atoms with E-state index < -0.39 is 0 Å². The number of amides is 1. The predicted molar refractivity (Wildman–Crippen MR) is 111 cm³/mol. The van der Waals surface area contributed by atoms with E-state index in [-0.39, 0.29) is 12.5 Å². The third-order valence-electron chi connectivity index (χ3n) is 4.85. The van der Waals surface area contributed by atoms with Gasteiger partial charge in [0, 0.05) is 5.92 Å². The number of thiazole rings is 1. The van der Waals surface area contributed by atoms with E-state index in [0.717, 1.165) is 45.7 Å². The Morgan fingerprint density at radius 3 is 2.89 bits per heavy atom. The highest BCUT2D eigenvalue weighted by molar-refractivity contribution is 7.22. The number of nitrogens with one attached hydrogen (secondary N) is 1. The Hall–Kier alpha value is -2.93. The van der Waals surface area contributed by atoms with Crippen LogP contribution in [0.1, 0.15) is 31.5 Å². The number of carbonyl (C=O) groups is 1. The Bertz CT molecular complexity index is 1180. The van der Waals surface area contributed by atoms with Crippen molar-refractivity contribution < 1.29 is 9.53 Å². The average molecular weight is 392 g/mol. The van der Waals surface area contributed by atoms with E-state index in [1.807, 2.05) is 54.0 Å². The topological polar surface area (TPSA) is 69.0 Å². The van der Waals surface area contributed by atoms with Crippen molar-refractivity contribution >= 4 is 43.6 Å². The van der Waals surface area contributed by atoms with Crippen molar-refractivity contribution in [3.63, 3.8) is 0 Å². The Kier molecular flexibility index (Phi) is 4.24. The number of fused-ring (bicyclic) bond motifs is 2. The summed E-state index contributed by atoms with van der Waals surface area (Å²) in [6.45, 7) is 2.82. The number of anilines is 1. The molecule has 0 unspecified atom stereocenters. The van der Waals surface area contributed by atoms with Crippen LogP contribution in [0.2, 0.25) is 0 Å². The summed E-state index contributed by atoms with van der Waals surface area (Å²) in [5, 5.41) is 3.55. The van der Waals surface area contributed by atoms with Crippen LogP contribution in [-0.4, -0.2) is 27.0 Å². The molecule has 7 heteroatoms. The smallest absolute Gasteiger partial charge is 0.246 e. The molecule has 2 aromatic carbocycles. The zero-order valence-corrected chi connectivity index (χ0v) is 16.3. The lowest BCUT2D eigenvalue weighted by molar-refractivity contribution is -0.116. The van der Waals surface area contributed by atoms with Crippen LogP contribution in [0.3, 0.4) is 0 Å². The molecule has 1 aliphatic rings. The fourth-order valence-electron chi connectivity index (χ4n) is 3.43. The standard InChI is InChI=1S/C21H20N4O2S/c1-2-27-14-9-10-16-18(11-14)28-21(23-16)24-19(26)12-25-17-6-4-3-5-15(17)22-20(25)13-7-8-13/h3-6,9-11,13H,2,7-8,12H2,1H3,(H,23,24,26). The van der Waals surface area contributed by atoms with Crippen molar-refractivity contribution in [1.29, 1.82) is 0 Å². The van der Waals surface area contributed by atoms with Crippen LogP contribution in [0.4, 0.5) is 5.13 Å². The molecule has 1 aliphatic carbocycles. The minimum atomic E-state index is -0.0888. The third kappa shape index (κ3) is 3.22. The molecule has 5 rings (SSSR count). The quantitative estimate of drug-likeness (QED) is 0.522. The van der Waals surface area contributed by atoms with Gasteiger partial charge in [0.05, 0.1) is 27.9 Å². The van der Waals surface area contributed by atoms with E-state index in [0.29, 0.717) is 17.7 Å². The van der Waals surface area contributed by atoms with Crippen molar-refractivity contribution in [2.75, 3.05) is 11.9 Å². The second-order valence-corrected chi connectivity index (χ2v) is 7.98. The van der Waals surface area contributed by atoms with Crippen molar-refractivity contribution in [2.24, 2.45) is 0 Å². The summed E-state index contributed by atoms with van der Waals surface area (Å²) in [5.74, 6) is 2.21. The summed E-state index contributed by atoms with van der Waals surface area (Å²) >= 11 is 1.46. The second kappa shape index (κ2) is 6.91. The van der Waals surface area contributed by atoms with Crippen molar-refractivity contribution in [1.82, 2.24) is 14.5 Å². The molecule has 2 heterocycles. The lowest BCUT2D eigenvalue weighted by atomic mass is 10.3. The molecule has 0 radical (unpaired) electrons. The average Bonchev–Trinajstić information content (AvgIpc) is 3.36. The summed E-state index contributed by atoms with van der Waals surface area (Å²) in [6.07, 6.45) is 2.29. The molecule has 0 saturated heterocycles. The lowest BCUT2D eigenvalue weighted by Gasteiger charge is -2.08. The van der Waals surface area contributed by atoms with E-state index in [1.54, 1.807) is 0 Å². The van der Waals surface area contributed by atoms with Crippen LogP contribution in [0.25, 0.3) is 21.3 Å². The number of imidazole rings is 1. The Morgan fingerprint density at radius 2 is 2.07 bits per heavy atom. The highest BCUT2D eigenvalue weighted by Gasteiger charge is 2.30. The molecule has 4 aromatic rings. The van der Waals surface area contributed by atoms with Gasteiger partial charge in [-0.05, 0) is 50.1 Å². The molecule has 1 fully saturated rings. The van der Waals surface area contributed by atoms with Gasteiger partial charge in [0.15, 0.2) is 5.13 Å².